The van der Waals surface area contributed by atoms with E-state index in [1.807, 2.05) is 0 Å². The molecule has 0 unspecified atom stereocenters. The molecule has 1 amide bonds. The monoisotopic (exact) mass is 527 g/mol. The average Bonchev–Trinajstić information content (AvgIpc) is 3.65. The van der Waals surface area contributed by atoms with Crippen LogP contribution in [0.5, 0.6) is 0 Å². The molecular formula is C31H41N7O. The Morgan fingerprint density at radius 1 is 0.692 bits per heavy atom. The lowest BCUT2D eigenvalue weighted by molar-refractivity contribution is 0.0714. The van der Waals surface area contributed by atoms with E-state index in [9.17, 15) is 4.79 Å². The third kappa shape index (κ3) is 8.63. The molecule has 2 heterocycles. The highest BCUT2D eigenvalue weighted by Crippen LogP contribution is 2.15. The van der Waals surface area contributed by atoms with Crippen LogP contribution in [0.25, 0.3) is 0 Å². The molecule has 0 atom stereocenters. The summed E-state index contributed by atoms with van der Waals surface area (Å²) in [6, 6.07) is 17.6. The minimum atomic E-state index is -0.158. The first-order valence-corrected chi connectivity index (χ1v) is 13.9. The van der Waals surface area contributed by atoms with Gasteiger partial charge in [0.05, 0.1) is 6.54 Å². The summed E-state index contributed by atoms with van der Waals surface area (Å²) in [6.07, 6.45) is 9.09. The molecular weight excluding hydrogens is 486 g/mol. The standard InChI is InChI=1S/C31H41N7O/c1-4-18-37(19-5-2)22-27-10-6-25(7-11-27)20-36(3)21-26-8-12-28(13-9-26)23-38(24-29-32-14-15-33-29)31(39)30-34-16-17-35-30/h6-17H,4-5,18-24H2,1-3H3,(H,32,33)(H,34,35). The molecule has 0 fully saturated rings. The summed E-state index contributed by atoms with van der Waals surface area (Å²) >= 11 is 0. The summed E-state index contributed by atoms with van der Waals surface area (Å²) < 4.78 is 0. The maximum atomic E-state index is 13.0. The second-order valence-corrected chi connectivity index (χ2v) is 10.2. The first-order chi connectivity index (χ1) is 19.0. The smallest absolute Gasteiger partial charge is 0.290 e. The van der Waals surface area contributed by atoms with Crippen molar-refractivity contribution in [2.75, 3.05) is 20.1 Å². The second kappa shape index (κ2) is 14.4. The molecule has 0 radical (unpaired) electrons. The minimum Gasteiger partial charge on any atom is -0.347 e. The van der Waals surface area contributed by atoms with Crippen LogP contribution in [0.2, 0.25) is 0 Å². The molecule has 0 saturated heterocycles. The van der Waals surface area contributed by atoms with E-state index in [2.05, 4.69) is 99.2 Å². The van der Waals surface area contributed by atoms with Crippen LogP contribution in [0, 0.1) is 0 Å². The average molecular weight is 528 g/mol. The first-order valence-electron chi connectivity index (χ1n) is 13.9. The summed E-state index contributed by atoms with van der Waals surface area (Å²) in [5.74, 6) is 0.905. The number of nitrogens with one attached hydrogen (secondary N) is 2. The molecule has 8 nitrogen and oxygen atoms in total. The number of amides is 1. The van der Waals surface area contributed by atoms with E-state index >= 15 is 0 Å². The molecule has 0 bridgehead atoms. The van der Waals surface area contributed by atoms with Gasteiger partial charge >= 0.3 is 0 Å². The van der Waals surface area contributed by atoms with Gasteiger partial charge in [-0.15, -0.1) is 0 Å². The van der Waals surface area contributed by atoms with Gasteiger partial charge < -0.3 is 14.9 Å². The van der Waals surface area contributed by atoms with Crippen LogP contribution >= 0.6 is 0 Å². The molecule has 0 aliphatic rings. The summed E-state index contributed by atoms with van der Waals surface area (Å²) in [7, 11) is 2.15. The topological polar surface area (TPSA) is 84.2 Å². The molecule has 8 heteroatoms. The van der Waals surface area contributed by atoms with E-state index < -0.39 is 0 Å². The van der Waals surface area contributed by atoms with Crippen molar-refractivity contribution in [3.63, 3.8) is 0 Å². The number of H-pyrrole nitrogens is 2. The Morgan fingerprint density at radius 3 is 1.69 bits per heavy atom. The van der Waals surface area contributed by atoms with Gasteiger partial charge in [-0.25, -0.2) is 9.97 Å². The van der Waals surface area contributed by atoms with Crippen molar-refractivity contribution in [3.05, 3.63) is 107 Å². The molecule has 206 valence electrons. The Morgan fingerprint density at radius 2 is 1.21 bits per heavy atom. The van der Waals surface area contributed by atoms with Gasteiger partial charge in [0.25, 0.3) is 5.91 Å². The van der Waals surface area contributed by atoms with E-state index in [0.29, 0.717) is 18.9 Å². The van der Waals surface area contributed by atoms with Crippen molar-refractivity contribution in [1.82, 2.24) is 34.6 Å². The molecule has 2 aromatic carbocycles. The fourth-order valence-electron chi connectivity index (χ4n) is 4.86. The number of hydrogen-bond donors (Lipinski definition) is 2. The third-order valence-corrected chi connectivity index (χ3v) is 6.69. The normalized spacial score (nSPS) is 11.4. The third-order valence-electron chi connectivity index (χ3n) is 6.69. The largest absolute Gasteiger partial charge is 0.347 e. The van der Waals surface area contributed by atoms with Crippen LogP contribution in [0.1, 0.15) is 65.4 Å². The Labute approximate surface area is 232 Å². The second-order valence-electron chi connectivity index (χ2n) is 10.2. The van der Waals surface area contributed by atoms with Crippen LogP contribution in [-0.4, -0.2) is 60.7 Å². The molecule has 0 saturated carbocycles. The number of imidazole rings is 2. The van der Waals surface area contributed by atoms with Crippen molar-refractivity contribution >= 4 is 5.91 Å². The van der Waals surface area contributed by atoms with E-state index in [0.717, 1.165) is 44.1 Å². The first kappa shape index (κ1) is 28.3. The van der Waals surface area contributed by atoms with Crippen molar-refractivity contribution in [2.24, 2.45) is 0 Å². The molecule has 0 spiro atoms. The van der Waals surface area contributed by atoms with E-state index in [4.69, 9.17) is 0 Å². The highest BCUT2D eigenvalue weighted by Gasteiger charge is 2.19. The zero-order chi connectivity index (χ0) is 27.5. The fraction of sp³-hybridized carbons (Fsp3) is 0.387. The van der Waals surface area contributed by atoms with Gasteiger partial charge in [0.15, 0.2) is 5.82 Å². The molecule has 2 aromatic heterocycles. The van der Waals surface area contributed by atoms with Gasteiger partial charge in [0.2, 0.25) is 0 Å². The van der Waals surface area contributed by atoms with Crippen molar-refractivity contribution < 1.29 is 4.79 Å². The number of aromatic amines is 2. The SMILES string of the molecule is CCCN(CCC)Cc1ccc(CN(C)Cc2ccc(CN(Cc3ncc[nH]3)C(=O)c3ncc[nH]3)cc2)cc1. The molecule has 0 aliphatic heterocycles. The van der Waals surface area contributed by atoms with Gasteiger partial charge in [0, 0.05) is 51.0 Å². The van der Waals surface area contributed by atoms with Gasteiger partial charge in [-0.3, -0.25) is 14.6 Å². The highest BCUT2D eigenvalue weighted by atomic mass is 16.2. The maximum Gasteiger partial charge on any atom is 0.290 e. The van der Waals surface area contributed by atoms with Crippen LogP contribution in [0.4, 0.5) is 0 Å². The maximum absolute atomic E-state index is 13.0. The van der Waals surface area contributed by atoms with Crippen LogP contribution in [0.15, 0.2) is 73.3 Å². The lowest BCUT2D eigenvalue weighted by Gasteiger charge is -2.22. The van der Waals surface area contributed by atoms with Crippen molar-refractivity contribution in [3.8, 4) is 0 Å². The summed E-state index contributed by atoms with van der Waals surface area (Å²) in [5, 5.41) is 0. The van der Waals surface area contributed by atoms with Gasteiger partial charge in [-0.1, -0.05) is 62.4 Å². The van der Waals surface area contributed by atoms with Gasteiger partial charge in [0.1, 0.15) is 5.82 Å². The van der Waals surface area contributed by atoms with E-state index in [1.165, 1.54) is 29.5 Å². The number of aromatic nitrogens is 4. The zero-order valence-corrected chi connectivity index (χ0v) is 23.4. The summed E-state index contributed by atoms with van der Waals surface area (Å²) in [5.41, 5.74) is 5.00. The Balaban J connectivity index is 1.31. The molecule has 4 aromatic rings. The predicted molar refractivity (Wildman–Crippen MR) is 155 cm³/mol. The van der Waals surface area contributed by atoms with Crippen LogP contribution in [-0.2, 0) is 32.7 Å². The van der Waals surface area contributed by atoms with E-state index in [-0.39, 0.29) is 5.91 Å². The van der Waals surface area contributed by atoms with Crippen LogP contribution < -0.4 is 0 Å². The Bertz CT molecular complexity index is 1230. The van der Waals surface area contributed by atoms with E-state index in [1.54, 1.807) is 29.7 Å². The lowest BCUT2D eigenvalue weighted by atomic mass is 10.1. The van der Waals surface area contributed by atoms with Crippen molar-refractivity contribution in [1.29, 1.82) is 0 Å². The highest BCUT2D eigenvalue weighted by molar-refractivity contribution is 5.90. The number of hydrogen-bond acceptors (Lipinski definition) is 5. The number of rotatable bonds is 15. The minimum absolute atomic E-state index is 0.158. The van der Waals surface area contributed by atoms with Crippen LogP contribution in [0.3, 0.4) is 0 Å². The molecule has 4 rings (SSSR count). The Hall–Kier alpha value is -3.75. The molecule has 2 N–H and O–H groups in total. The molecule has 39 heavy (non-hydrogen) atoms. The quantitative estimate of drug-likeness (QED) is 0.221. The van der Waals surface area contributed by atoms with Crippen molar-refractivity contribution in [2.45, 2.75) is 59.4 Å². The zero-order valence-electron chi connectivity index (χ0n) is 23.4. The summed E-state index contributed by atoms with van der Waals surface area (Å²) in [4.78, 5) is 34.1. The van der Waals surface area contributed by atoms with Gasteiger partial charge in [-0.05, 0) is 55.2 Å². The lowest BCUT2D eigenvalue weighted by Crippen LogP contribution is -2.31. The predicted octanol–water partition coefficient (Wildman–Crippen LogP) is 5.23. The van der Waals surface area contributed by atoms with Gasteiger partial charge in [-0.2, -0.15) is 0 Å². The molecule has 0 aliphatic carbocycles. The Kier molecular flexibility index (Phi) is 10.4. The fourth-order valence-corrected chi connectivity index (χ4v) is 4.86. The number of carbonyl (C=O) groups excluding carboxylic acids is 1. The number of carbonyl (C=O) groups is 1. The number of benzene rings is 2. The number of nitrogens with zero attached hydrogens (tertiary/aromatic N) is 5. The summed E-state index contributed by atoms with van der Waals surface area (Å²) in [6.45, 7) is 10.4.